The lowest BCUT2D eigenvalue weighted by molar-refractivity contribution is 0.419. The molecule has 0 aliphatic carbocycles. The molecule has 2 heterocycles. The molecule has 0 radical (unpaired) electrons. The van der Waals surface area contributed by atoms with E-state index in [2.05, 4.69) is 20.3 Å². The van der Waals surface area contributed by atoms with Gasteiger partial charge in [0.15, 0.2) is 5.82 Å². The molecule has 0 bridgehead atoms. The maximum Gasteiger partial charge on any atom is 0.163 e. The van der Waals surface area contributed by atoms with Crippen LogP contribution in [-0.4, -0.2) is 28.6 Å². The van der Waals surface area contributed by atoms with Gasteiger partial charge in [-0.15, -0.1) is 0 Å². The first-order valence-corrected chi connectivity index (χ1v) is 9.10. The van der Waals surface area contributed by atoms with Gasteiger partial charge in [0.1, 0.15) is 28.7 Å². The normalized spacial score (nSPS) is 10.9. The first-order chi connectivity index (χ1) is 14.1. The van der Waals surface area contributed by atoms with Crippen LogP contribution in [0, 0.1) is 11.6 Å². The van der Waals surface area contributed by atoms with Crippen molar-refractivity contribution >= 4 is 16.7 Å². The molecule has 0 aliphatic heterocycles. The molecule has 2 aromatic heterocycles. The Hall–Kier alpha value is -3.61. The lowest BCUT2D eigenvalue weighted by atomic mass is 10.0. The molecule has 2 aromatic carbocycles. The molecule has 146 valence electrons. The Labute approximate surface area is 166 Å². The Morgan fingerprint density at radius 3 is 2.62 bits per heavy atom. The first kappa shape index (κ1) is 18.7. The molecule has 29 heavy (non-hydrogen) atoms. The summed E-state index contributed by atoms with van der Waals surface area (Å²) < 4.78 is 33.6. The molecule has 0 fully saturated rings. The van der Waals surface area contributed by atoms with Crippen molar-refractivity contribution in [3.05, 3.63) is 66.5 Å². The van der Waals surface area contributed by atoms with E-state index in [1.54, 1.807) is 24.5 Å². The van der Waals surface area contributed by atoms with E-state index in [9.17, 15) is 8.78 Å². The van der Waals surface area contributed by atoms with Crippen molar-refractivity contribution in [3.8, 4) is 28.3 Å². The van der Waals surface area contributed by atoms with Gasteiger partial charge >= 0.3 is 0 Å². The van der Waals surface area contributed by atoms with Crippen LogP contribution in [0.15, 0.2) is 54.9 Å². The molecule has 7 heteroatoms. The highest BCUT2D eigenvalue weighted by atomic mass is 19.1. The number of halogens is 2. The summed E-state index contributed by atoms with van der Waals surface area (Å²) in [7, 11) is 1.51. The molecule has 0 atom stereocenters. The van der Waals surface area contributed by atoms with Crippen molar-refractivity contribution < 1.29 is 13.5 Å². The second-order valence-electron chi connectivity index (χ2n) is 6.37. The predicted molar refractivity (Wildman–Crippen MR) is 109 cm³/mol. The molecule has 0 spiro atoms. The number of fused-ring (bicyclic) bond motifs is 1. The van der Waals surface area contributed by atoms with E-state index >= 15 is 0 Å². The number of hydrogen-bond acceptors (Lipinski definition) is 5. The molecule has 0 saturated heterocycles. The monoisotopic (exact) mass is 392 g/mol. The van der Waals surface area contributed by atoms with E-state index < -0.39 is 11.6 Å². The van der Waals surface area contributed by atoms with Crippen LogP contribution in [0.5, 0.6) is 5.75 Å². The fraction of sp³-hybridized carbons (Fsp3) is 0.136. The van der Waals surface area contributed by atoms with Gasteiger partial charge in [0.2, 0.25) is 0 Å². The van der Waals surface area contributed by atoms with Crippen molar-refractivity contribution in [1.29, 1.82) is 0 Å². The number of ether oxygens (including phenoxy) is 1. The van der Waals surface area contributed by atoms with Gasteiger partial charge in [-0.25, -0.2) is 18.7 Å². The summed E-state index contributed by atoms with van der Waals surface area (Å²) >= 11 is 0. The number of nitrogens with one attached hydrogen (secondary N) is 1. The SMILES string of the molecule is CCNc1nc(-c2cccnc2)nc2c(OC)cc(-c3cc(F)ccc3F)cc12. The van der Waals surface area contributed by atoms with Gasteiger partial charge in [-0.3, -0.25) is 4.98 Å². The van der Waals surface area contributed by atoms with Crippen molar-refractivity contribution in [2.45, 2.75) is 6.92 Å². The van der Waals surface area contributed by atoms with Crippen LogP contribution in [0.3, 0.4) is 0 Å². The molecule has 1 N–H and O–H groups in total. The maximum atomic E-state index is 14.4. The zero-order valence-electron chi connectivity index (χ0n) is 15.9. The van der Waals surface area contributed by atoms with Gasteiger partial charge in [0.05, 0.1) is 7.11 Å². The van der Waals surface area contributed by atoms with Crippen LogP contribution in [0.2, 0.25) is 0 Å². The summed E-state index contributed by atoms with van der Waals surface area (Å²) in [4.78, 5) is 13.4. The average Bonchev–Trinajstić information content (AvgIpc) is 2.75. The van der Waals surface area contributed by atoms with Gasteiger partial charge in [0, 0.05) is 35.5 Å². The number of anilines is 1. The quantitative estimate of drug-likeness (QED) is 0.513. The Morgan fingerprint density at radius 1 is 1.03 bits per heavy atom. The third-order valence-electron chi connectivity index (χ3n) is 4.49. The Bertz CT molecular complexity index is 1180. The molecular formula is C22H18F2N4O. The molecule has 0 saturated carbocycles. The lowest BCUT2D eigenvalue weighted by Gasteiger charge is -2.14. The minimum Gasteiger partial charge on any atom is -0.494 e. The Morgan fingerprint density at radius 2 is 1.90 bits per heavy atom. The zero-order chi connectivity index (χ0) is 20.4. The molecular weight excluding hydrogens is 374 g/mol. The van der Waals surface area contributed by atoms with Crippen LogP contribution in [0.1, 0.15) is 6.92 Å². The highest BCUT2D eigenvalue weighted by Gasteiger charge is 2.17. The summed E-state index contributed by atoms with van der Waals surface area (Å²) in [5.74, 6) is 0.465. The van der Waals surface area contributed by atoms with Gasteiger partial charge < -0.3 is 10.1 Å². The van der Waals surface area contributed by atoms with Crippen LogP contribution in [-0.2, 0) is 0 Å². The number of rotatable bonds is 5. The highest BCUT2D eigenvalue weighted by Crippen LogP contribution is 2.36. The fourth-order valence-electron chi connectivity index (χ4n) is 3.16. The van der Waals surface area contributed by atoms with E-state index in [4.69, 9.17) is 4.74 Å². The van der Waals surface area contributed by atoms with Gasteiger partial charge in [-0.05, 0) is 55.0 Å². The highest BCUT2D eigenvalue weighted by molar-refractivity contribution is 5.97. The summed E-state index contributed by atoms with van der Waals surface area (Å²) in [6.45, 7) is 2.57. The molecule has 0 aliphatic rings. The third kappa shape index (κ3) is 3.59. The molecule has 0 unspecified atom stereocenters. The van der Waals surface area contributed by atoms with E-state index in [0.717, 1.165) is 23.8 Å². The smallest absolute Gasteiger partial charge is 0.163 e. The largest absolute Gasteiger partial charge is 0.494 e. The maximum absolute atomic E-state index is 14.4. The summed E-state index contributed by atoms with van der Waals surface area (Å²) in [5, 5.41) is 3.87. The number of aromatic nitrogens is 3. The zero-order valence-corrected chi connectivity index (χ0v) is 15.9. The van der Waals surface area contributed by atoms with Crippen LogP contribution in [0.25, 0.3) is 33.4 Å². The standard InChI is InChI=1S/C22H18F2N4O/c1-3-26-22-17-9-14(16-11-15(23)6-7-18(16)24)10-19(29-2)20(17)27-21(28-22)13-5-4-8-25-12-13/h4-12H,3H2,1-2H3,(H,26,27,28). The fourth-order valence-corrected chi connectivity index (χ4v) is 3.16. The van der Waals surface area contributed by atoms with Crippen molar-refractivity contribution in [3.63, 3.8) is 0 Å². The van der Waals surface area contributed by atoms with E-state index in [0.29, 0.717) is 40.4 Å². The molecule has 5 nitrogen and oxygen atoms in total. The van der Waals surface area contributed by atoms with Crippen LogP contribution in [0.4, 0.5) is 14.6 Å². The average molecular weight is 392 g/mol. The number of nitrogens with zero attached hydrogens (tertiary/aromatic N) is 3. The molecule has 4 rings (SSSR count). The second kappa shape index (κ2) is 7.79. The third-order valence-corrected chi connectivity index (χ3v) is 4.49. The first-order valence-electron chi connectivity index (χ1n) is 9.10. The van der Waals surface area contributed by atoms with Gasteiger partial charge in [0.25, 0.3) is 0 Å². The van der Waals surface area contributed by atoms with E-state index in [-0.39, 0.29) is 5.56 Å². The predicted octanol–water partition coefficient (Wildman–Crippen LogP) is 5.08. The summed E-state index contributed by atoms with van der Waals surface area (Å²) in [5.41, 5.74) is 1.95. The number of hydrogen-bond donors (Lipinski definition) is 1. The Kier molecular flexibility index (Phi) is 5.03. The lowest BCUT2D eigenvalue weighted by Crippen LogP contribution is -2.04. The topological polar surface area (TPSA) is 59.9 Å². The van der Waals surface area contributed by atoms with Crippen molar-refractivity contribution in [1.82, 2.24) is 15.0 Å². The number of pyridine rings is 1. The number of methoxy groups -OCH3 is 1. The second-order valence-corrected chi connectivity index (χ2v) is 6.37. The molecule has 4 aromatic rings. The van der Waals surface area contributed by atoms with Crippen LogP contribution < -0.4 is 10.1 Å². The minimum atomic E-state index is -0.522. The van der Waals surface area contributed by atoms with Crippen molar-refractivity contribution in [2.24, 2.45) is 0 Å². The minimum absolute atomic E-state index is 0.143. The van der Waals surface area contributed by atoms with Gasteiger partial charge in [-0.1, -0.05) is 0 Å². The summed E-state index contributed by atoms with van der Waals surface area (Å²) in [6.07, 6.45) is 3.36. The summed E-state index contributed by atoms with van der Waals surface area (Å²) in [6, 6.07) is 10.4. The van der Waals surface area contributed by atoms with E-state index in [1.807, 2.05) is 19.1 Å². The Balaban J connectivity index is 2.00. The van der Waals surface area contributed by atoms with Crippen molar-refractivity contribution in [2.75, 3.05) is 19.0 Å². The van der Waals surface area contributed by atoms with E-state index in [1.165, 1.54) is 7.11 Å². The number of benzene rings is 2. The molecule has 0 amide bonds. The van der Waals surface area contributed by atoms with Gasteiger partial charge in [-0.2, -0.15) is 0 Å². The van der Waals surface area contributed by atoms with Crippen LogP contribution >= 0.6 is 0 Å².